The fraction of sp³-hybridized carbons (Fsp3) is 0.476. The van der Waals surface area contributed by atoms with Crippen LogP contribution in [0.3, 0.4) is 0 Å². The lowest BCUT2D eigenvalue weighted by atomic mass is 10.0. The third kappa shape index (κ3) is 10.0. The van der Waals surface area contributed by atoms with Crippen LogP contribution in [0.1, 0.15) is 77.0 Å². The Morgan fingerprint density at radius 2 is 1.75 bits per heavy atom. The first-order valence-corrected chi connectivity index (χ1v) is 20.8. The van der Waals surface area contributed by atoms with E-state index in [1.54, 1.807) is 49.2 Å². The van der Waals surface area contributed by atoms with Crippen molar-refractivity contribution in [2.45, 2.75) is 95.6 Å². The van der Waals surface area contributed by atoms with Crippen LogP contribution < -0.4 is 30.5 Å². The van der Waals surface area contributed by atoms with E-state index in [9.17, 15) is 37.6 Å². The van der Waals surface area contributed by atoms with Crippen molar-refractivity contribution in [1.82, 2.24) is 20.1 Å². The van der Waals surface area contributed by atoms with E-state index in [2.05, 4.69) is 44.6 Å². The maximum absolute atomic E-state index is 13.8. The average Bonchev–Trinajstić information content (AvgIpc) is 3.35. The number of alkyl halides is 3. The van der Waals surface area contributed by atoms with E-state index in [0.29, 0.717) is 60.6 Å². The van der Waals surface area contributed by atoms with Gasteiger partial charge in [-0.1, -0.05) is 25.4 Å². The molecule has 14 nitrogen and oxygen atoms in total. The molecule has 3 aliphatic heterocycles. The van der Waals surface area contributed by atoms with Crippen molar-refractivity contribution in [3.63, 3.8) is 0 Å². The number of hydrogen-bond donors (Lipinski definition) is 4. The average molecular weight is 884 g/mol. The van der Waals surface area contributed by atoms with Crippen LogP contribution in [0.4, 0.5) is 35.9 Å². The molecule has 0 aliphatic carbocycles. The second kappa shape index (κ2) is 18.1. The molecule has 3 aliphatic rings. The molecule has 2 aromatic carbocycles. The van der Waals surface area contributed by atoms with Crippen LogP contribution in [0.15, 0.2) is 48.7 Å². The number of thiol groups is 1. The number of nitriles is 1. The first kappa shape index (κ1) is 45.4. The lowest BCUT2D eigenvalue weighted by Crippen LogP contribution is -2.58. The van der Waals surface area contributed by atoms with E-state index in [-0.39, 0.29) is 48.5 Å². The summed E-state index contributed by atoms with van der Waals surface area (Å²) in [6.45, 7) is 13.8. The summed E-state index contributed by atoms with van der Waals surface area (Å²) in [5.41, 5.74) is -1.60. The molecule has 0 bridgehead atoms. The van der Waals surface area contributed by atoms with E-state index < -0.39 is 46.2 Å². The third-order valence-corrected chi connectivity index (χ3v) is 11.9. The second-order valence-electron chi connectivity index (χ2n) is 16.4. The van der Waals surface area contributed by atoms with Crippen molar-refractivity contribution in [2.75, 3.05) is 53.2 Å². The summed E-state index contributed by atoms with van der Waals surface area (Å²) in [6, 6.07) is 11.1. The van der Waals surface area contributed by atoms with E-state index >= 15 is 0 Å². The normalized spacial score (nSPS) is 22.3. The van der Waals surface area contributed by atoms with Gasteiger partial charge in [0.1, 0.15) is 18.2 Å². The van der Waals surface area contributed by atoms with Gasteiger partial charge in [0.2, 0.25) is 23.6 Å². The highest BCUT2D eigenvalue weighted by molar-refractivity contribution is 7.81. The summed E-state index contributed by atoms with van der Waals surface area (Å²) in [5, 5.41) is 18.0. The Kier molecular flexibility index (Phi) is 13.5. The Morgan fingerprint density at radius 3 is 2.43 bits per heavy atom. The number of imide groups is 1. The number of piperazine rings is 1. The Balaban J connectivity index is 1.05. The second-order valence-corrected chi connectivity index (χ2v) is 17.3. The molecular weight excluding hydrogens is 835 g/mol. The number of nitrogens with zero attached hydrogens (tertiary/aromatic N) is 6. The maximum atomic E-state index is 13.8. The largest absolute Gasteiger partial charge is 0.476 e. The van der Waals surface area contributed by atoms with Crippen LogP contribution >= 0.6 is 24.2 Å². The smallest absolute Gasteiger partial charge is 0.417 e. The molecule has 6 rings (SSSR count). The lowest BCUT2D eigenvalue weighted by Gasteiger charge is -2.43. The molecule has 3 fully saturated rings. The molecule has 61 heavy (non-hydrogen) atoms. The summed E-state index contributed by atoms with van der Waals surface area (Å²) in [6.07, 6.45) is -2.66. The van der Waals surface area contributed by atoms with E-state index in [4.69, 9.17) is 29.0 Å². The Hall–Kier alpha value is -5.09. The predicted octanol–water partition coefficient (Wildman–Crippen LogP) is 6.22. The molecule has 0 saturated carbocycles. The number of pyridine rings is 1. The van der Waals surface area contributed by atoms with E-state index in [1.807, 2.05) is 19.9 Å². The fourth-order valence-electron chi connectivity index (χ4n) is 7.97. The number of anilines is 4. The number of aromatic nitrogens is 1. The van der Waals surface area contributed by atoms with Crippen LogP contribution in [0, 0.1) is 11.3 Å². The highest BCUT2D eigenvalue weighted by Gasteiger charge is 2.52. The number of ether oxygens (including phenoxy) is 1. The zero-order chi connectivity index (χ0) is 44.6. The molecule has 4 heterocycles. The van der Waals surface area contributed by atoms with Crippen molar-refractivity contribution in [2.24, 2.45) is 0 Å². The molecule has 0 spiro atoms. The lowest BCUT2D eigenvalue weighted by molar-refractivity contribution is -0.138. The molecule has 0 radical (unpaired) electrons. The van der Waals surface area contributed by atoms with Crippen LogP contribution in [-0.4, -0.2) is 100 Å². The number of carbonyl (C=O) groups is 4. The van der Waals surface area contributed by atoms with Crippen molar-refractivity contribution in [3.05, 3.63) is 70.4 Å². The van der Waals surface area contributed by atoms with Crippen molar-refractivity contribution in [3.8, 4) is 11.9 Å². The minimum atomic E-state index is -4.80. The maximum Gasteiger partial charge on any atom is 0.417 e. The first-order chi connectivity index (χ1) is 28.7. The van der Waals surface area contributed by atoms with Gasteiger partial charge in [0.15, 0.2) is 5.50 Å². The van der Waals surface area contributed by atoms with Crippen LogP contribution in [0.25, 0.3) is 0 Å². The summed E-state index contributed by atoms with van der Waals surface area (Å²) in [5.74, 6) is -1.04. The molecule has 3 N–H and O–H groups in total. The van der Waals surface area contributed by atoms with E-state index in [1.165, 1.54) is 11.0 Å². The fourth-order valence-corrected chi connectivity index (χ4v) is 8.87. The molecule has 19 heteroatoms. The number of nitrogens with one attached hydrogen (secondary N) is 3. The Bertz CT molecular complexity index is 2240. The van der Waals surface area contributed by atoms with Gasteiger partial charge in [0.25, 0.3) is 5.91 Å². The van der Waals surface area contributed by atoms with Gasteiger partial charge in [0, 0.05) is 65.8 Å². The van der Waals surface area contributed by atoms with Crippen molar-refractivity contribution in [1.29, 1.82) is 5.26 Å². The molecule has 3 saturated heterocycles. The Morgan fingerprint density at radius 1 is 1.07 bits per heavy atom. The SMILES string of the molecule is CC(C)c1cc(N2[C@@H](S)N(c3ccc(C#N)c(C(F)(F)F)c3)C(=O)C2(C)C)cnc1OCCN1C[C@@H](C)N(CC(=O)Nc2cc(Cl)cc(NC3CCC(=O)NC3=O)c2)C[C@H]1C. The number of benzene rings is 2. The molecule has 326 valence electrons. The van der Waals surface area contributed by atoms with E-state index in [0.717, 1.165) is 17.7 Å². The number of rotatable bonds is 12. The molecule has 1 unspecified atom stereocenters. The number of halogens is 4. The predicted molar refractivity (Wildman–Crippen MR) is 229 cm³/mol. The van der Waals surface area contributed by atoms with Gasteiger partial charge in [-0.25, -0.2) is 4.98 Å². The molecular formula is C42H49ClF3N9O5S. The summed E-state index contributed by atoms with van der Waals surface area (Å²) in [4.78, 5) is 62.7. The minimum Gasteiger partial charge on any atom is -0.476 e. The highest BCUT2D eigenvalue weighted by atomic mass is 35.5. The van der Waals surface area contributed by atoms with Gasteiger partial charge in [-0.05, 0) is 82.5 Å². The number of piperidine rings is 1. The Labute approximate surface area is 363 Å². The third-order valence-electron chi connectivity index (χ3n) is 11.2. The number of hydrogen-bond acceptors (Lipinski definition) is 12. The van der Waals surface area contributed by atoms with Crippen molar-refractivity contribution < 1.29 is 37.1 Å². The van der Waals surface area contributed by atoms with Crippen LogP contribution in [0.2, 0.25) is 5.02 Å². The molecule has 3 aromatic rings. The van der Waals surface area contributed by atoms with Gasteiger partial charge >= 0.3 is 6.18 Å². The number of carbonyl (C=O) groups excluding carboxylic acids is 4. The monoisotopic (exact) mass is 883 g/mol. The molecule has 4 amide bonds. The van der Waals surface area contributed by atoms with Gasteiger partial charge in [-0.3, -0.25) is 39.2 Å². The summed E-state index contributed by atoms with van der Waals surface area (Å²) in [7, 11) is 0. The van der Waals surface area contributed by atoms with Gasteiger partial charge in [0.05, 0.1) is 35.6 Å². The molecule has 4 atom stereocenters. The van der Waals surface area contributed by atoms with Gasteiger partial charge in [-0.2, -0.15) is 18.4 Å². The van der Waals surface area contributed by atoms with Gasteiger partial charge < -0.3 is 20.3 Å². The van der Waals surface area contributed by atoms with Crippen LogP contribution in [0.5, 0.6) is 5.88 Å². The van der Waals surface area contributed by atoms with Crippen LogP contribution in [-0.2, 0) is 25.4 Å². The van der Waals surface area contributed by atoms with Gasteiger partial charge in [-0.15, -0.1) is 12.6 Å². The standard InChI is InChI=1S/C42H49ClF3N9O5S/c1-23(2)32-16-31(55-40(61)54(39(59)41(55,5)6)30-8-7-26(18-47)33(17-30)42(44,45)46)19-48-38(32)60-12-11-52-20-25(4)53(21-24(52)3)22-36(57)50-29-14-27(43)13-28(15-29)49-34-9-10-35(56)51-37(34)58/h7-8,13-17,19,23-25,34,40,49,61H,9-12,20-22H2,1-6H3,(H,50,57)(H,51,56,58)/t24-,25-,34?,40+/m1/s1. The summed E-state index contributed by atoms with van der Waals surface area (Å²) < 4.78 is 47.8. The minimum absolute atomic E-state index is 0.0363. The first-order valence-electron chi connectivity index (χ1n) is 19.9. The van der Waals surface area contributed by atoms with Crippen molar-refractivity contribution >= 4 is 70.6 Å². The quantitative estimate of drug-likeness (QED) is 0.121. The highest BCUT2D eigenvalue weighted by Crippen LogP contribution is 2.43. The zero-order valence-electron chi connectivity index (χ0n) is 34.6. The topological polar surface area (TPSA) is 163 Å². The summed E-state index contributed by atoms with van der Waals surface area (Å²) >= 11 is 11.1. The molecule has 1 aromatic heterocycles. The zero-order valence-corrected chi connectivity index (χ0v) is 36.3. The number of amides is 4.